The Kier molecular flexibility index (Phi) is 5.53. The maximum absolute atomic E-state index is 12.0. The highest BCUT2D eigenvalue weighted by Gasteiger charge is 2.22. The largest absolute Gasteiger partial charge is 0.444 e. The fourth-order valence-electron chi connectivity index (χ4n) is 2.54. The van der Waals surface area contributed by atoms with Crippen molar-refractivity contribution in [3.05, 3.63) is 34.4 Å². The van der Waals surface area contributed by atoms with Gasteiger partial charge in [0.15, 0.2) is 0 Å². The lowest BCUT2D eigenvalue weighted by molar-refractivity contribution is -0.108. The molecule has 1 aromatic rings. The summed E-state index contributed by atoms with van der Waals surface area (Å²) in [6.45, 7) is 11.4. The summed E-state index contributed by atoms with van der Waals surface area (Å²) in [5, 5.41) is 2.80. The molecule has 0 aromatic heterocycles. The first-order chi connectivity index (χ1) is 9.64. The number of amides is 1. The van der Waals surface area contributed by atoms with Crippen LogP contribution in [0.1, 0.15) is 55.5 Å². The number of nitrogens with one attached hydrogen (secondary N) is 1. The third kappa shape index (κ3) is 5.21. The van der Waals surface area contributed by atoms with Crippen molar-refractivity contribution >= 4 is 12.4 Å². The Morgan fingerprint density at radius 1 is 1.24 bits per heavy atom. The van der Waals surface area contributed by atoms with E-state index >= 15 is 0 Å². The molecule has 4 heteroatoms. The van der Waals surface area contributed by atoms with Gasteiger partial charge in [-0.1, -0.05) is 17.7 Å². The average Bonchev–Trinajstić information content (AvgIpc) is 2.24. The van der Waals surface area contributed by atoms with Crippen molar-refractivity contribution in [1.29, 1.82) is 0 Å². The highest BCUT2D eigenvalue weighted by Crippen LogP contribution is 2.25. The number of benzene rings is 1. The molecule has 0 saturated carbocycles. The predicted octanol–water partition coefficient (Wildman–Crippen LogP) is 3.77. The molecule has 0 aliphatic heterocycles. The van der Waals surface area contributed by atoms with Gasteiger partial charge in [0.25, 0.3) is 0 Å². The average molecular weight is 291 g/mol. The maximum Gasteiger partial charge on any atom is 0.408 e. The van der Waals surface area contributed by atoms with Crippen molar-refractivity contribution in [3.63, 3.8) is 0 Å². The van der Waals surface area contributed by atoms with Crippen LogP contribution in [0.4, 0.5) is 4.79 Å². The minimum Gasteiger partial charge on any atom is -0.444 e. The summed E-state index contributed by atoms with van der Waals surface area (Å²) < 4.78 is 5.27. The molecule has 4 nitrogen and oxygen atoms in total. The number of carbonyl (C=O) groups excluding carboxylic acids is 2. The smallest absolute Gasteiger partial charge is 0.408 e. The summed E-state index contributed by atoms with van der Waals surface area (Å²) in [4.78, 5) is 22.9. The monoisotopic (exact) mass is 291 g/mol. The predicted molar refractivity (Wildman–Crippen MR) is 83.4 cm³/mol. The van der Waals surface area contributed by atoms with Gasteiger partial charge in [-0.3, -0.25) is 0 Å². The Morgan fingerprint density at radius 3 is 2.19 bits per heavy atom. The van der Waals surface area contributed by atoms with Gasteiger partial charge in [-0.05, 0) is 58.2 Å². The summed E-state index contributed by atoms with van der Waals surface area (Å²) >= 11 is 0. The molecule has 0 spiro atoms. The molecule has 1 N–H and O–H groups in total. The summed E-state index contributed by atoms with van der Waals surface area (Å²) in [5.74, 6) is 0. The molecule has 0 bridgehead atoms. The van der Waals surface area contributed by atoms with Crippen molar-refractivity contribution in [2.24, 2.45) is 0 Å². The van der Waals surface area contributed by atoms with Gasteiger partial charge in [0, 0.05) is 6.42 Å². The fraction of sp³-hybridized carbons (Fsp3) is 0.529. The Morgan fingerprint density at radius 2 is 1.76 bits per heavy atom. The second-order valence-electron chi connectivity index (χ2n) is 6.41. The molecule has 0 heterocycles. The SMILES string of the molecule is Cc1cc(C)c([C@@H](CC=O)NC(=O)OC(C)(C)C)c(C)c1. The summed E-state index contributed by atoms with van der Waals surface area (Å²) in [6.07, 6.45) is 0.541. The molecule has 116 valence electrons. The zero-order valence-electron chi connectivity index (χ0n) is 13.7. The molecular weight excluding hydrogens is 266 g/mol. The number of aryl methyl sites for hydroxylation is 3. The Bertz CT molecular complexity index is 506. The standard InChI is InChI=1S/C17H25NO3/c1-11-9-12(2)15(13(3)10-11)14(7-8-19)18-16(20)21-17(4,5)6/h8-10,14H,7H2,1-6H3,(H,18,20)/t14-/m1/s1. The highest BCUT2D eigenvalue weighted by molar-refractivity contribution is 5.69. The van der Waals surface area contributed by atoms with E-state index in [1.54, 1.807) is 0 Å². The van der Waals surface area contributed by atoms with Crippen molar-refractivity contribution in [1.82, 2.24) is 5.32 Å². The Hall–Kier alpha value is -1.84. The van der Waals surface area contributed by atoms with Gasteiger partial charge in [-0.15, -0.1) is 0 Å². The molecule has 1 atom stereocenters. The molecule has 1 aromatic carbocycles. The van der Waals surface area contributed by atoms with Gasteiger partial charge in [0.05, 0.1) is 6.04 Å². The van der Waals surface area contributed by atoms with Crippen molar-refractivity contribution < 1.29 is 14.3 Å². The van der Waals surface area contributed by atoms with E-state index in [0.29, 0.717) is 0 Å². The van der Waals surface area contributed by atoms with Crippen LogP contribution >= 0.6 is 0 Å². The Labute approximate surface area is 126 Å². The van der Waals surface area contributed by atoms with Crippen molar-refractivity contribution in [3.8, 4) is 0 Å². The summed E-state index contributed by atoms with van der Waals surface area (Å²) in [5.41, 5.74) is 3.72. The van der Waals surface area contributed by atoms with E-state index in [9.17, 15) is 9.59 Å². The second kappa shape index (κ2) is 6.74. The molecule has 1 amide bonds. The minimum absolute atomic E-state index is 0.226. The number of aldehydes is 1. The number of ether oxygens (including phenoxy) is 1. The molecule has 0 aliphatic carbocycles. The minimum atomic E-state index is -0.562. The van der Waals surface area contributed by atoms with Crippen LogP contribution in [0.5, 0.6) is 0 Å². The van der Waals surface area contributed by atoms with Crippen LogP contribution < -0.4 is 5.32 Å². The zero-order valence-corrected chi connectivity index (χ0v) is 13.7. The molecule has 0 unspecified atom stereocenters. The van der Waals surface area contributed by atoms with Crippen LogP contribution in [0.25, 0.3) is 0 Å². The number of hydrogen-bond donors (Lipinski definition) is 1. The van der Waals surface area contributed by atoms with Crippen LogP contribution in [0.2, 0.25) is 0 Å². The second-order valence-corrected chi connectivity index (χ2v) is 6.41. The fourth-order valence-corrected chi connectivity index (χ4v) is 2.54. The summed E-state index contributed by atoms with van der Waals surface area (Å²) in [7, 11) is 0. The quantitative estimate of drug-likeness (QED) is 0.859. The van der Waals surface area contributed by atoms with Gasteiger partial charge in [0.2, 0.25) is 0 Å². The number of alkyl carbamates (subject to hydrolysis) is 1. The van der Waals surface area contributed by atoms with E-state index in [1.807, 2.05) is 41.5 Å². The Balaban J connectivity index is 3.03. The lowest BCUT2D eigenvalue weighted by Crippen LogP contribution is -2.35. The molecular formula is C17H25NO3. The van der Waals surface area contributed by atoms with E-state index in [-0.39, 0.29) is 12.5 Å². The molecule has 21 heavy (non-hydrogen) atoms. The number of rotatable bonds is 4. The van der Waals surface area contributed by atoms with Crippen LogP contribution in [0.15, 0.2) is 12.1 Å². The molecule has 0 fully saturated rings. The molecule has 0 saturated heterocycles. The van der Waals surface area contributed by atoms with Crippen LogP contribution in [-0.4, -0.2) is 18.0 Å². The normalized spacial score (nSPS) is 12.7. The lowest BCUT2D eigenvalue weighted by atomic mass is 9.92. The highest BCUT2D eigenvalue weighted by atomic mass is 16.6. The third-order valence-electron chi connectivity index (χ3n) is 3.11. The molecule has 0 radical (unpaired) electrons. The van der Waals surface area contributed by atoms with Gasteiger partial charge >= 0.3 is 6.09 Å². The van der Waals surface area contributed by atoms with Gasteiger partial charge in [0.1, 0.15) is 11.9 Å². The first kappa shape index (κ1) is 17.2. The van der Waals surface area contributed by atoms with Crippen LogP contribution in [0, 0.1) is 20.8 Å². The van der Waals surface area contributed by atoms with E-state index < -0.39 is 11.7 Å². The lowest BCUT2D eigenvalue weighted by Gasteiger charge is -2.25. The van der Waals surface area contributed by atoms with Crippen molar-refractivity contribution in [2.45, 2.75) is 59.6 Å². The van der Waals surface area contributed by atoms with Gasteiger partial charge in [-0.2, -0.15) is 0 Å². The first-order valence-electron chi connectivity index (χ1n) is 7.15. The first-order valence-corrected chi connectivity index (χ1v) is 7.15. The number of carbonyl (C=O) groups is 2. The van der Waals surface area contributed by atoms with E-state index in [1.165, 1.54) is 0 Å². The van der Waals surface area contributed by atoms with E-state index in [2.05, 4.69) is 17.4 Å². The topological polar surface area (TPSA) is 55.4 Å². The van der Waals surface area contributed by atoms with Gasteiger partial charge < -0.3 is 14.8 Å². The zero-order chi connectivity index (χ0) is 16.2. The molecule has 1 rings (SSSR count). The third-order valence-corrected chi connectivity index (χ3v) is 3.11. The number of hydrogen-bond acceptors (Lipinski definition) is 3. The summed E-state index contributed by atoms with van der Waals surface area (Å²) in [6, 6.07) is 3.74. The van der Waals surface area contributed by atoms with Gasteiger partial charge in [-0.25, -0.2) is 4.79 Å². The molecule has 0 aliphatic rings. The van der Waals surface area contributed by atoms with E-state index in [0.717, 1.165) is 28.5 Å². The van der Waals surface area contributed by atoms with Crippen LogP contribution in [-0.2, 0) is 9.53 Å². The van der Waals surface area contributed by atoms with Crippen molar-refractivity contribution in [2.75, 3.05) is 0 Å². The maximum atomic E-state index is 12.0. The van der Waals surface area contributed by atoms with Crippen LogP contribution in [0.3, 0.4) is 0 Å². The van der Waals surface area contributed by atoms with E-state index in [4.69, 9.17) is 4.74 Å².